The monoisotopic (exact) mass is 406 g/mol. The van der Waals surface area contributed by atoms with Gasteiger partial charge in [0.25, 0.3) is 0 Å². The van der Waals surface area contributed by atoms with E-state index in [1.807, 2.05) is 39.8 Å². The Balaban J connectivity index is 2.50. The van der Waals surface area contributed by atoms with Gasteiger partial charge in [-0.15, -0.1) is 0 Å². The number of hydrogen-bond acceptors (Lipinski definition) is 6. The van der Waals surface area contributed by atoms with Crippen molar-refractivity contribution in [3.63, 3.8) is 0 Å². The van der Waals surface area contributed by atoms with Crippen molar-refractivity contribution in [1.29, 1.82) is 0 Å². The van der Waals surface area contributed by atoms with Crippen LogP contribution < -0.4 is 4.74 Å². The van der Waals surface area contributed by atoms with Gasteiger partial charge in [-0.2, -0.15) is 0 Å². The number of carboxylic acid groups (broad SMARTS) is 1. The summed E-state index contributed by atoms with van der Waals surface area (Å²) in [5.74, 6) is -0.626. The number of allylic oxidation sites excluding steroid dienone is 4. The van der Waals surface area contributed by atoms with Crippen molar-refractivity contribution in [1.82, 2.24) is 0 Å². The second-order valence-corrected chi connectivity index (χ2v) is 7.77. The highest BCUT2D eigenvalue weighted by Gasteiger charge is 2.39. The lowest BCUT2D eigenvalue weighted by Crippen LogP contribution is -2.54. The van der Waals surface area contributed by atoms with Crippen LogP contribution in [0.2, 0.25) is 0 Å². The summed E-state index contributed by atoms with van der Waals surface area (Å²) in [4.78, 5) is 11.6. The Morgan fingerprint density at radius 3 is 2.00 bits per heavy atom. The van der Waals surface area contributed by atoms with Gasteiger partial charge in [-0.05, 0) is 63.8 Å². The van der Waals surface area contributed by atoms with E-state index in [1.165, 1.54) is 0 Å². The molecule has 1 aliphatic rings. The number of aliphatic hydroxyl groups excluding tert-OH is 3. The quantitative estimate of drug-likeness (QED) is 0.513. The number of carbonyl (C=O) groups is 1. The number of carboxylic acids is 1. The molecule has 0 aliphatic carbocycles. The van der Waals surface area contributed by atoms with Gasteiger partial charge in [0, 0.05) is 0 Å². The Kier molecular flexibility index (Phi) is 7.98. The second kappa shape index (κ2) is 10.0. The molecule has 0 spiro atoms. The number of hydrogen-bond donors (Lipinski definition) is 4. The van der Waals surface area contributed by atoms with Crippen LogP contribution in [-0.4, -0.2) is 57.6 Å². The molecule has 2 rings (SSSR count). The SMILES string of the molecule is CC(C)=CCc1cc(C(=O)O)cc(CC=C(C)C)c1O[C@@H]1OC[C@H](O)[C@H](O)[C@H]1O. The summed E-state index contributed by atoms with van der Waals surface area (Å²) >= 11 is 0. The highest BCUT2D eigenvalue weighted by atomic mass is 16.7. The summed E-state index contributed by atoms with van der Waals surface area (Å²) < 4.78 is 11.3. The molecule has 0 saturated carbocycles. The van der Waals surface area contributed by atoms with E-state index in [1.54, 1.807) is 12.1 Å². The third-order valence-corrected chi connectivity index (χ3v) is 4.64. The van der Waals surface area contributed by atoms with Gasteiger partial charge in [0.15, 0.2) is 0 Å². The Morgan fingerprint density at radius 1 is 1.03 bits per heavy atom. The number of ether oxygens (including phenoxy) is 2. The summed E-state index contributed by atoms with van der Waals surface area (Å²) in [5, 5.41) is 39.4. The first-order valence-corrected chi connectivity index (χ1v) is 9.58. The van der Waals surface area contributed by atoms with Crippen LogP contribution in [0.5, 0.6) is 5.75 Å². The Morgan fingerprint density at radius 2 is 1.55 bits per heavy atom. The highest BCUT2D eigenvalue weighted by Crippen LogP contribution is 2.31. The van der Waals surface area contributed by atoms with E-state index in [-0.39, 0.29) is 12.2 Å². The molecule has 0 aromatic heterocycles. The molecule has 0 bridgehead atoms. The Hall–Kier alpha value is -2.19. The average Bonchev–Trinajstić information content (AvgIpc) is 2.65. The van der Waals surface area contributed by atoms with E-state index in [0.29, 0.717) is 29.7 Å². The standard InChI is InChI=1S/C22H30O7/c1-12(2)5-7-14-9-16(21(26)27)10-15(8-6-13(3)4)20(14)29-22-19(25)18(24)17(23)11-28-22/h5-6,9-10,17-19,22-25H,7-8,11H2,1-4H3,(H,26,27)/t17-,18-,19+,22-/m0/s1. The van der Waals surface area contributed by atoms with Gasteiger partial charge in [0.2, 0.25) is 6.29 Å². The largest absolute Gasteiger partial charge is 0.478 e. The normalized spacial score (nSPS) is 24.0. The molecule has 29 heavy (non-hydrogen) atoms. The molecule has 0 unspecified atom stereocenters. The van der Waals surface area contributed by atoms with E-state index in [9.17, 15) is 25.2 Å². The lowest BCUT2D eigenvalue weighted by atomic mass is 9.98. The molecule has 0 radical (unpaired) electrons. The lowest BCUT2D eigenvalue weighted by molar-refractivity contribution is -0.242. The molecule has 0 amide bonds. The van der Waals surface area contributed by atoms with Gasteiger partial charge < -0.3 is 29.9 Å². The molecule has 1 aromatic rings. The van der Waals surface area contributed by atoms with Gasteiger partial charge in [0.05, 0.1) is 12.2 Å². The van der Waals surface area contributed by atoms with E-state index in [4.69, 9.17) is 9.47 Å². The summed E-state index contributed by atoms with van der Waals surface area (Å²) in [6, 6.07) is 3.09. The Bertz CT molecular complexity index is 747. The van der Waals surface area contributed by atoms with Crippen LogP contribution in [0.4, 0.5) is 0 Å². The summed E-state index contributed by atoms with van der Waals surface area (Å²) in [6.45, 7) is 7.59. The van der Waals surface area contributed by atoms with Crippen molar-refractivity contribution in [3.8, 4) is 5.75 Å². The van der Waals surface area contributed by atoms with Gasteiger partial charge in [-0.3, -0.25) is 0 Å². The predicted molar refractivity (Wildman–Crippen MR) is 108 cm³/mol. The van der Waals surface area contributed by atoms with E-state index in [2.05, 4.69) is 0 Å². The van der Waals surface area contributed by atoms with Crippen molar-refractivity contribution < 1.29 is 34.7 Å². The minimum atomic E-state index is -1.44. The van der Waals surface area contributed by atoms with E-state index < -0.39 is 30.6 Å². The molecule has 1 heterocycles. The van der Waals surface area contributed by atoms with Gasteiger partial charge >= 0.3 is 5.97 Å². The first-order chi connectivity index (χ1) is 13.6. The predicted octanol–water partition coefficient (Wildman–Crippen LogP) is 2.22. The molecule has 1 saturated heterocycles. The molecule has 1 aromatic carbocycles. The number of aromatic carboxylic acids is 1. The number of benzene rings is 1. The minimum absolute atomic E-state index is 0.146. The smallest absolute Gasteiger partial charge is 0.335 e. The maximum atomic E-state index is 11.6. The zero-order valence-corrected chi connectivity index (χ0v) is 17.3. The number of aliphatic hydroxyl groups is 3. The molecular formula is C22H30O7. The van der Waals surface area contributed by atoms with Crippen LogP contribution in [0.1, 0.15) is 49.2 Å². The van der Waals surface area contributed by atoms with Crippen molar-refractivity contribution in [2.45, 2.75) is 65.1 Å². The third kappa shape index (κ3) is 6.14. The van der Waals surface area contributed by atoms with E-state index >= 15 is 0 Å². The molecule has 4 atom stereocenters. The Labute approximate surface area is 170 Å². The van der Waals surface area contributed by atoms with Crippen LogP contribution >= 0.6 is 0 Å². The fraction of sp³-hybridized carbons (Fsp3) is 0.500. The third-order valence-electron chi connectivity index (χ3n) is 4.64. The highest BCUT2D eigenvalue weighted by molar-refractivity contribution is 5.88. The zero-order valence-electron chi connectivity index (χ0n) is 17.3. The van der Waals surface area contributed by atoms with Crippen LogP contribution in [0.3, 0.4) is 0 Å². The van der Waals surface area contributed by atoms with Crippen molar-refractivity contribution in [3.05, 3.63) is 52.1 Å². The molecule has 1 aliphatic heterocycles. The van der Waals surface area contributed by atoms with Gasteiger partial charge in [-0.25, -0.2) is 4.79 Å². The van der Waals surface area contributed by atoms with Crippen molar-refractivity contribution >= 4 is 5.97 Å². The molecular weight excluding hydrogens is 376 g/mol. The van der Waals surface area contributed by atoms with Crippen molar-refractivity contribution in [2.24, 2.45) is 0 Å². The lowest BCUT2D eigenvalue weighted by Gasteiger charge is -2.35. The molecule has 4 N–H and O–H groups in total. The maximum absolute atomic E-state index is 11.6. The average molecular weight is 406 g/mol. The van der Waals surface area contributed by atoms with Gasteiger partial charge in [-0.1, -0.05) is 23.3 Å². The molecule has 7 nitrogen and oxygen atoms in total. The van der Waals surface area contributed by atoms with Crippen LogP contribution in [0, 0.1) is 0 Å². The van der Waals surface area contributed by atoms with E-state index in [0.717, 1.165) is 11.1 Å². The van der Waals surface area contributed by atoms with Crippen LogP contribution in [0.15, 0.2) is 35.4 Å². The fourth-order valence-electron chi connectivity index (χ4n) is 2.96. The fourth-order valence-corrected chi connectivity index (χ4v) is 2.96. The summed E-state index contributed by atoms with van der Waals surface area (Å²) in [5.41, 5.74) is 3.55. The first-order valence-electron chi connectivity index (χ1n) is 9.58. The van der Waals surface area contributed by atoms with Crippen LogP contribution in [0.25, 0.3) is 0 Å². The molecule has 7 heteroatoms. The second-order valence-electron chi connectivity index (χ2n) is 7.77. The van der Waals surface area contributed by atoms with Crippen molar-refractivity contribution in [2.75, 3.05) is 6.61 Å². The molecule has 1 fully saturated rings. The first kappa shape index (κ1) is 23.1. The molecule has 160 valence electrons. The summed E-state index contributed by atoms with van der Waals surface area (Å²) in [7, 11) is 0. The topological polar surface area (TPSA) is 116 Å². The zero-order chi connectivity index (χ0) is 21.7. The van der Waals surface area contributed by atoms with Crippen LogP contribution in [-0.2, 0) is 17.6 Å². The summed E-state index contributed by atoms with van der Waals surface area (Å²) in [6.07, 6.45) is -0.428. The number of rotatable bonds is 7. The minimum Gasteiger partial charge on any atom is -0.478 e. The maximum Gasteiger partial charge on any atom is 0.335 e. The van der Waals surface area contributed by atoms with Gasteiger partial charge in [0.1, 0.15) is 24.1 Å².